The molecule has 1 aromatic rings. The number of benzene rings is 1. The fraction of sp³-hybridized carbons (Fsp3) is 0.333. The zero-order valence-electron chi connectivity index (χ0n) is 10.9. The van der Waals surface area contributed by atoms with Crippen molar-refractivity contribution in [3.05, 3.63) is 24.0 Å². The van der Waals surface area contributed by atoms with Crippen molar-refractivity contribution in [2.45, 2.75) is 29.2 Å². The summed E-state index contributed by atoms with van der Waals surface area (Å²) in [6.07, 6.45) is 6.36. The van der Waals surface area contributed by atoms with Crippen LogP contribution in [0.3, 0.4) is 0 Å². The molecule has 0 bridgehead atoms. The van der Waals surface area contributed by atoms with E-state index in [0.717, 1.165) is 24.5 Å². The fourth-order valence-corrected chi connectivity index (χ4v) is 3.47. The topological polar surface area (TPSA) is 80.3 Å². The minimum absolute atomic E-state index is 0.284. The lowest BCUT2D eigenvalue weighted by Gasteiger charge is -2.12. The summed E-state index contributed by atoms with van der Waals surface area (Å²) in [6.45, 7) is 1.66. The summed E-state index contributed by atoms with van der Waals surface area (Å²) in [5.41, 5.74) is 0. The van der Waals surface area contributed by atoms with Crippen LogP contribution in [-0.4, -0.2) is 29.1 Å². The molecule has 0 amide bonds. The Morgan fingerprint density at radius 1 is 1.35 bits per heavy atom. The maximum Gasteiger partial charge on any atom is 0.244 e. The third-order valence-corrected chi connectivity index (χ3v) is 5.12. The number of halogens is 1. The van der Waals surface area contributed by atoms with Crippen LogP contribution in [0.4, 0.5) is 4.39 Å². The molecule has 0 heterocycles. The molecule has 20 heavy (non-hydrogen) atoms. The largest absolute Gasteiger partial charge is 0.244 e. The summed E-state index contributed by atoms with van der Waals surface area (Å²) in [5.74, 6) is 1.17. The smallest absolute Gasteiger partial charge is 0.224 e. The third-order valence-electron chi connectivity index (χ3n) is 2.53. The minimum atomic E-state index is -4.23. The van der Waals surface area contributed by atoms with Gasteiger partial charge in [-0.1, -0.05) is 12.8 Å². The highest BCUT2D eigenvalue weighted by Crippen LogP contribution is 2.20. The Morgan fingerprint density at radius 2 is 1.95 bits per heavy atom. The molecule has 0 aliphatic rings. The lowest BCUT2D eigenvalue weighted by molar-refractivity contribution is 0.548. The Balaban J connectivity index is 3.36. The first-order valence-electron chi connectivity index (χ1n) is 5.60. The molecule has 110 valence electrons. The van der Waals surface area contributed by atoms with Gasteiger partial charge < -0.3 is 0 Å². The number of terminal acetylenes is 1. The summed E-state index contributed by atoms with van der Waals surface area (Å²) >= 11 is 0. The number of nitrogens with one attached hydrogen (secondary N) is 1. The number of sulfonamides is 1. The summed E-state index contributed by atoms with van der Waals surface area (Å²) in [5, 5.41) is 0. The van der Waals surface area contributed by atoms with E-state index in [-0.39, 0.29) is 4.90 Å². The zero-order chi connectivity index (χ0) is 15.6. The summed E-state index contributed by atoms with van der Waals surface area (Å²) < 4.78 is 62.6. The first kappa shape index (κ1) is 16.6. The van der Waals surface area contributed by atoms with Crippen molar-refractivity contribution in [2.75, 3.05) is 6.26 Å². The van der Waals surface area contributed by atoms with Crippen LogP contribution in [0.25, 0.3) is 0 Å². The van der Waals surface area contributed by atoms with E-state index in [0.29, 0.717) is 6.42 Å². The molecular formula is C12H14FNO4S2. The second-order valence-electron chi connectivity index (χ2n) is 4.11. The first-order chi connectivity index (χ1) is 9.11. The third kappa shape index (κ3) is 3.79. The number of sulfone groups is 1. The van der Waals surface area contributed by atoms with Crippen molar-refractivity contribution in [1.29, 1.82) is 0 Å². The lowest BCUT2D eigenvalue weighted by Crippen LogP contribution is -2.33. The standard InChI is InChI=1S/C12H14FNO4S2/c1-4-9(5-2)14-20(17,18)12-8-10(19(3,15)16)6-7-11(12)13/h1,6-9,14H,5H2,2-3H3. The van der Waals surface area contributed by atoms with Crippen molar-refractivity contribution in [3.63, 3.8) is 0 Å². The maximum absolute atomic E-state index is 13.6. The van der Waals surface area contributed by atoms with Gasteiger partial charge >= 0.3 is 0 Å². The van der Waals surface area contributed by atoms with E-state index >= 15 is 0 Å². The second-order valence-corrected chi connectivity index (χ2v) is 7.81. The van der Waals surface area contributed by atoms with E-state index in [9.17, 15) is 21.2 Å². The molecule has 0 spiro atoms. The van der Waals surface area contributed by atoms with Crippen LogP contribution in [-0.2, 0) is 19.9 Å². The minimum Gasteiger partial charge on any atom is -0.224 e. The Hall–Kier alpha value is -1.43. The highest BCUT2D eigenvalue weighted by atomic mass is 32.2. The molecule has 0 radical (unpaired) electrons. The van der Waals surface area contributed by atoms with Gasteiger partial charge in [0, 0.05) is 6.26 Å². The molecular weight excluding hydrogens is 305 g/mol. The van der Waals surface area contributed by atoms with E-state index in [1.54, 1.807) is 6.92 Å². The number of rotatable bonds is 5. The molecule has 5 nitrogen and oxygen atoms in total. The monoisotopic (exact) mass is 319 g/mol. The van der Waals surface area contributed by atoms with Crippen LogP contribution in [0.15, 0.2) is 28.0 Å². The van der Waals surface area contributed by atoms with Gasteiger partial charge in [0.05, 0.1) is 10.9 Å². The highest BCUT2D eigenvalue weighted by molar-refractivity contribution is 7.91. The summed E-state index contributed by atoms with van der Waals surface area (Å²) in [7, 11) is -7.87. The average molecular weight is 319 g/mol. The SMILES string of the molecule is C#CC(CC)NS(=O)(=O)c1cc(S(C)(=O)=O)ccc1F. The van der Waals surface area contributed by atoms with Crippen LogP contribution < -0.4 is 4.72 Å². The van der Waals surface area contributed by atoms with Crippen molar-refractivity contribution in [1.82, 2.24) is 4.72 Å². The molecule has 1 unspecified atom stereocenters. The first-order valence-corrected chi connectivity index (χ1v) is 8.97. The van der Waals surface area contributed by atoms with Gasteiger partial charge in [0.2, 0.25) is 10.0 Å². The molecule has 1 atom stereocenters. The van der Waals surface area contributed by atoms with Crippen molar-refractivity contribution in [3.8, 4) is 12.3 Å². The van der Waals surface area contributed by atoms with Gasteiger partial charge in [-0.25, -0.2) is 21.2 Å². The van der Waals surface area contributed by atoms with E-state index < -0.39 is 36.6 Å². The highest BCUT2D eigenvalue weighted by Gasteiger charge is 2.23. The van der Waals surface area contributed by atoms with Crippen molar-refractivity contribution >= 4 is 19.9 Å². The molecule has 0 fully saturated rings. The fourth-order valence-electron chi connectivity index (χ4n) is 1.41. The van der Waals surface area contributed by atoms with Gasteiger partial charge in [-0.3, -0.25) is 0 Å². The van der Waals surface area contributed by atoms with Gasteiger partial charge in [0.15, 0.2) is 9.84 Å². The second kappa shape index (κ2) is 5.91. The van der Waals surface area contributed by atoms with E-state index in [4.69, 9.17) is 6.42 Å². The van der Waals surface area contributed by atoms with Gasteiger partial charge in [0.1, 0.15) is 10.7 Å². The Labute approximate surface area is 118 Å². The molecule has 8 heteroatoms. The Bertz CT molecular complexity index is 748. The maximum atomic E-state index is 13.6. The van der Waals surface area contributed by atoms with Gasteiger partial charge in [-0.05, 0) is 24.6 Å². The summed E-state index contributed by atoms with van der Waals surface area (Å²) in [4.78, 5) is -1.03. The molecule has 0 saturated carbocycles. The van der Waals surface area contributed by atoms with Gasteiger partial charge in [-0.15, -0.1) is 6.42 Å². The lowest BCUT2D eigenvalue weighted by atomic mass is 10.3. The van der Waals surface area contributed by atoms with Crippen LogP contribution in [0.5, 0.6) is 0 Å². The van der Waals surface area contributed by atoms with E-state index in [2.05, 4.69) is 10.6 Å². The van der Waals surface area contributed by atoms with Gasteiger partial charge in [-0.2, -0.15) is 4.72 Å². The van der Waals surface area contributed by atoms with Crippen LogP contribution in [0, 0.1) is 18.2 Å². The molecule has 0 aromatic heterocycles. The molecule has 0 aliphatic heterocycles. The van der Waals surface area contributed by atoms with Crippen molar-refractivity contribution in [2.24, 2.45) is 0 Å². The predicted molar refractivity (Wildman–Crippen MR) is 72.7 cm³/mol. The summed E-state index contributed by atoms with van der Waals surface area (Å²) in [6, 6.07) is 1.78. The van der Waals surface area contributed by atoms with Crippen LogP contribution >= 0.6 is 0 Å². The van der Waals surface area contributed by atoms with E-state index in [1.807, 2.05) is 0 Å². The normalized spacial score (nSPS) is 13.7. The van der Waals surface area contributed by atoms with E-state index in [1.165, 1.54) is 0 Å². The molecule has 1 rings (SSSR count). The molecule has 1 aromatic carbocycles. The van der Waals surface area contributed by atoms with Crippen molar-refractivity contribution < 1.29 is 21.2 Å². The number of hydrogen-bond donors (Lipinski definition) is 1. The number of hydrogen-bond acceptors (Lipinski definition) is 4. The molecule has 1 N–H and O–H groups in total. The Morgan fingerprint density at radius 3 is 2.40 bits per heavy atom. The molecule has 0 aliphatic carbocycles. The Kier molecular flexibility index (Phi) is 4.91. The predicted octanol–water partition coefficient (Wildman–Crippen LogP) is 0.919. The quantitative estimate of drug-likeness (QED) is 0.646. The van der Waals surface area contributed by atoms with Crippen LogP contribution in [0.2, 0.25) is 0 Å². The van der Waals surface area contributed by atoms with Gasteiger partial charge in [0.25, 0.3) is 0 Å². The van der Waals surface area contributed by atoms with Crippen LogP contribution in [0.1, 0.15) is 13.3 Å². The average Bonchev–Trinajstić information content (AvgIpc) is 2.34. The zero-order valence-corrected chi connectivity index (χ0v) is 12.6. The molecule has 0 saturated heterocycles.